The van der Waals surface area contributed by atoms with E-state index >= 15 is 0 Å². The number of carboxylic acid groups (broad SMARTS) is 1. The average molecular weight is 457 g/mol. The Labute approximate surface area is 191 Å². The maximum absolute atomic E-state index is 12.6. The first kappa shape index (κ1) is 22.7. The highest BCUT2D eigenvalue weighted by molar-refractivity contribution is 6.32. The molecule has 1 N–H and O–H groups in total. The van der Waals surface area contributed by atoms with Crippen LogP contribution in [0.5, 0.6) is 11.5 Å². The second kappa shape index (κ2) is 9.46. The van der Waals surface area contributed by atoms with Crippen LogP contribution < -0.4 is 9.47 Å². The molecule has 0 heterocycles. The second-order valence-corrected chi connectivity index (χ2v) is 7.91. The first-order valence-corrected chi connectivity index (χ1v) is 10.3. The number of carbonyl (C=O) groups is 1. The Kier molecular flexibility index (Phi) is 6.94. The molecule has 0 radical (unpaired) electrons. The molecule has 0 saturated heterocycles. The summed E-state index contributed by atoms with van der Waals surface area (Å²) in [6, 6.07) is 18.1. The van der Waals surface area contributed by atoms with Gasteiger partial charge in [0.1, 0.15) is 16.9 Å². The fraction of sp³-hybridized carbons (Fsp3) is 0.160. The van der Waals surface area contributed by atoms with Crippen LogP contribution in [0.4, 0.5) is 0 Å². The van der Waals surface area contributed by atoms with Gasteiger partial charge >= 0.3 is 5.97 Å². The third-order valence-corrected chi connectivity index (χ3v) is 5.87. The van der Waals surface area contributed by atoms with Crippen molar-refractivity contribution in [1.82, 2.24) is 0 Å². The number of hydrogen-bond donors (Lipinski definition) is 1. The zero-order valence-corrected chi connectivity index (χ0v) is 18.9. The smallest absolute Gasteiger partial charge is 0.318 e. The van der Waals surface area contributed by atoms with E-state index in [1.807, 2.05) is 42.5 Å². The van der Waals surface area contributed by atoms with Gasteiger partial charge in [-0.25, -0.2) is 0 Å². The number of rotatable bonds is 7. The van der Waals surface area contributed by atoms with Crippen LogP contribution in [0.15, 0.2) is 60.7 Å². The molecule has 3 aromatic carbocycles. The van der Waals surface area contributed by atoms with Crippen molar-refractivity contribution in [3.8, 4) is 11.5 Å². The minimum atomic E-state index is -1.43. The van der Waals surface area contributed by atoms with Gasteiger partial charge in [0, 0.05) is 0 Å². The zero-order valence-electron chi connectivity index (χ0n) is 17.4. The molecule has 160 valence electrons. The van der Waals surface area contributed by atoms with Gasteiger partial charge in [0.15, 0.2) is 0 Å². The molecule has 0 saturated carbocycles. The van der Waals surface area contributed by atoms with Gasteiger partial charge in [-0.1, -0.05) is 71.8 Å². The number of halogens is 2. The monoisotopic (exact) mass is 456 g/mol. The van der Waals surface area contributed by atoms with Gasteiger partial charge in [-0.05, 0) is 53.4 Å². The van der Waals surface area contributed by atoms with Gasteiger partial charge in [-0.15, -0.1) is 0 Å². The largest absolute Gasteiger partial charge is 0.495 e. The van der Waals surface area contributed by atoms with Crippen LogP contribution >= 0.6 is 23.2 Å². The molecule has 31 heavy (non-hydrogen) atoms. The van der Waals surface area contributed by atoms with Crippen LogP contribution in [0.1, 0.15) is 29.2 Å². The van der Waals surface area contributed by atoms with E-state index in [1.165, 1.54) is 14.2 Å². The lowest BCUT2D eigenvalue weighted by atomic mass is 9.74. The third kappa shape index (κ3) is 4.55. The molecular formula is C25H22Cl2O4. The fourth-order valence-corrected chi connectivity index (χ4v) is 3.92. The standard InChI is InChI=1S/C25H22Cl2O4/c1-25(24(28)29,18-11-12-22(30-2)20(26)14-18)19-15-21(27)23(31-3)13-17(19)10-9-16-7-5-4-6-8-16/h4-15H,1-3H3,(H,28,29)/b10-9+. The Bertz CT molecular complexity index is 1130. The highest BCUT2D eigenvalue weighted by Crippen LogP contribution is 2.41. The van der Waals surface area contributed by atoms with E-state index < -0.39 is 11.4 Å². The summed E-state index contributed by atoms with van der Waals surface area (Å²) in [7, 11) is 3.03. The van der Waals surface area contributed by atoms with Crippen molar-refractivity contribution < 1.29 is 19.4 Å². The predicted molar refractivity (Wildman–Crippen MR) is 125 cm³/mol. The van der Waals surface area contributed by atoms with Gasteiger partial charge in [0.05, 0.1) is 24.3 Å². The van der Waals surface area contributed by atoms with Crippen molar-refractivity contribution in [2.75, 3.05) is 14.2 Å². The van der Waals surface area contributed by atoms with E-state index in [1.54, 1.807) is 37.3 Å². The molecule has 0 bridgehead atoms. The highest BCUT2D eigenvalue weighted by atomic mass is 35.5. The molecule has 3 rings (SSSR count). The van der Waals surface area contributed by atoms with E-state index in [0.29, 0.717) is 38.2 Å². The summed E-state index contributed by atoms with van der Waals surface area (Å²) in [5.74, 6) is -0.113. The van der Waals surface area contributed by atoms with E-state index in [2.05, 4.69) is 0 Å². The molecule has 1 atom stereocenters. The lowest BCUT2D eigenvalue weighted by Crippen LogP contribution is -2.34. The summed E-state index contributed by atoms with van der Waals surface area (Å²) in [6.45, 7) is 1.63. The van der Waals surface area contributed by atoms with Crippen molar-refractivity contribution in [3.05, 3.63) is 93.0 Å². The van der Waals surface area contributed by atoms with E-state index in [4.69, 9.17) is 32.7 Å². The SMILES string of the molecule is COc1ccc(C(C)(C(=O)O)c2cc(Cl)c(OC)cc2/C=C/c2ccccc2)cc1Cl. The number of hydrogen-bond acceptors (Lipinski definition) is 3. The van der Waals surface area contributed by atoms with Crippen LogP contribution in [0.25, 0.3) is 12.2 Å². The first-order valence-electron chi connectivity index (χ1n) is 9.49. The van der Waals surface area contributed by atoms with Crippen molar-refractivity contribution in [2.45, 2.75) is 12.3 Å². The van der Waals surface area contributed by atoms with Gasteiger partial charge in [-0.2, -0.15) is 0 Å². The molecule has 0 aromatic heterocycles. The van der Waals surface area contributed by atoms with E-state index in [-0.39, 0.29) is 0 Å². The Morgan fingerprint density at radius 3 is 2.13 bits per heavy atom. The summed E-state index contributed by atoms with van der Waals surface area (Å²) < 4.78 is 10.6. The summed E-state index contributed by atoms with van der Waals surface area (Å²) in [4.78, 5) is 12.6. The molecule has 6 heteroatoms. The average Bonchev–Trinajstić information content (AvgIpc) is 2.77. The highest BCUT2D eigenvalue weighted by Gasteiger charge is 2.39. The number of methoxy groups -OCH3 is 2. The molecule has 0 fully saturated rings. The normalized spacial score (nSPS) is 13.1. The maximum Gasteiger partial charge on any atom is 0.318 e. The number of ether oxygens (including phenoxy) is 2. The first-order chi connectivity index (χ1) is 14.8. The van der Waals surface area contributed by atoms with Crippen molar-refractivity contribution in [1.29, 1.82) is 0 Å². The van der Waals surface area contributed by atoms with E-state index in [9.17, 15) is 9.90 Å². The third-order valence-electron chi connectivity index (χ3n) is 5.27. The topological polar surface area (TPSA) is 55.8 Å². The predicted octanol–water partition coefficient (Wildman–Crippen LogP) is 6.57. The Morgan fingerprint density at radius 1 is 0.903 bits per heavy atom. The van der Waals surface area contributed by atoms with E-state index in [0.717, 1.165) is 5.56 Å². The summed E-state index contributed by atoms with van der Waals surface area (Å²) in [5, 5.41) is 11.0. The lowest BCUT2D eigenvalue weighted by Gasteiger charge is -2.29. The molecule has 4 nitrogen and oxygen atoms in total. The van der Waals surface area contributed by atoms with Gasteiger partial charge < -0.3 is 14.6 Å². The van der Waals surface area contributed by atoms with Crippen molar-refractivity contribution in [3.63, 3.8) is 0 Å². The molecule has 0 spiro atoms. The molecule has 0 aliphatic heterocycles. The molecule has 3 aromatic rings. The van der Waals surface area contributed by atoms with Crippen LogP contribution in [0, 0.1) is 0 Å². The quantitative estimate of drug-likeness (QED) is 0.408. The molecular weight excluding hydrogens is 435 g/mol. The maximum atomic E-state index is 12.6. The van der Waals surface area contributed by atoms with Gasteiger partial charge in [0.25, 0.3) is 0 Å². The van der Waals surface area contributed by atoms with Crippen molar-refractivity contribution in [2.24, 2.45) is 0 Å². The Morgan fingerprint density at radius 2 is 1.55 bits per heavy atom. The van der Waals surface area contributed by atoms with Crippen molar-refractivity contribution >= 4 is 41.3 Å². The van der Waals surface area contributed by atoms with Crippen LogP contribution in [-0.2, 0) is 10.2 Å². The summed E-state index contributed by atoms with van der Waals surface area (Å²) >= 11 is 12.7. The minimum absolute atomic E-state index is 0.321. The second-order valence-electron chi connectivity index (χ2n) is 7.10. The van der Waals surface area contributed by atoms with Crippen LogP contribution in [0.3, 0.4) is 0 Å². The fourth-order valence-electron chi connectivity index (χ4n) is 3.42. The number of benzene rings is 3. The zero-order chi connectivity index (χ0) is 22.6. The summed E-state index contributed by atoms with van der Waals surface area (Å²) in [6.07, 6.45) is 3.77. The molecule has 0 amide bonds. The minimum Gasteiger partial charge on any atom is -0.495 e. The summed E-state index contributed by atoms with van der Waals surface area (Å²) in [5.41, 5.74) is 1.23. The Balaban J connectivity index is 2.23. The molecule has 0 aliphatic rings. The number of carboxylic acids is 1. The van der Waals surface area contributed by atoms with Crippen LogP contribution in [-0.4, -0.2) is 25.3 Å². The Hall–Kier alpha value is -2.95. The lowest BCUT2D eigenvalue weighted by molar-refractivity contribution is -0.141. The molecule has 1 unspecified atom stereocenters. The van der Waals surface area contributed by atoms with Crippen LogP contribution in [0.2, 0.25) is 10.0 Å². The number of aliphatic carboxylic acids is 1. The van der Waals surface area contributed by atoms with Gasteiger partial charge in [0.2, 0.25) is 0 Å². The molecule has 0 aliphatic carbocycles. The van der Waals surface area contributed by atoms with Gasteiger partial charge in [-0.3, -0.25) is 4.79 Å².